The van der Waals surface area contributed by atoms with E-state index in [2.05, 4.69) is 57.0 Å². The van der Waals surface area contributed by atoms with Crippen LogP contribution >= 0.6 is 0 Å². The van der Waals surface area contributed by atoms with E-state index in [0.29, 0.717) is 0 Å². The van der Waals surface area contributed by atoms with Gasteiger partial charge in [0.2, 0.25) is 0 Å². The highest BCUT2D eigenvalue weighted by Crippen LogP contribution is 2.23. The van der Waals surface area contributed by atoms with Gasteiger partial charge in [0.1, 0.15) is 0 Å². The third kappa shape index (κ3) is 4.79. The molecule has 0 aliphatic rings. The van der Waals surface area contributed by atoms with Gasteiger partial charge in [-0.2, -0.15) is 0 Å². The lowest BCUT2D eigenvalue weighted by molar-refractivity contribution is 0.179. The maximum Gasteiger partial charge on any atom is 0.0230 e. The highest BCUT2D eigenvalue weighted by molar-refractivity contribution is 5.21. The summed E-state index contributed by atoms with van der Waals surface area (Å²) in [6, 6.07) is 8.78. The summed E-state index contributed by atoms with van der Waals surface area (Å²) in [5.74, 6) is 0. The summed E-state index contributed by atoms with van der Waals surface area (Å²) in [4.78, 5) is 2.38. The van der Waals surface area contributed by atoms with Gasteiger partial charge >= 0.3 is 0 Å². The van der Waals surface area contributed by atoms with Gasteiger partial charge in [0.05, 0.1) is 0 Å². The van der Waals surface area contributed by atoms with Crippen LogP contribution in [0.1, 0.15) is 37.8 Å². The van der Waals surface area contributed by atoms with Gasteiger partial charge < -0.3 is 10.6 Å². The molecule has 0 heterocycles. The Morgan fingerprint density at radius 2 is 1.83 bits per heavy atom. The Morgan fingerprint density at radius 3 is 2.33 bits per heavy atom. The van der Waals surface area contributed by atoms with Crippen LogP contribution in [0.25, 0.3) is 0 Å². The second-order valence-corrected chi connectivity index (χ2v) is 5.92. The fraction of sp³-hybridized carbons (Fsp3) is 0.625. The molecular weight excluding hydrogens is 220 g/mol. The van der Waals surface area contributed by atoms with Crippen molar-refractivity contribution in [1.29, 1.82) is 0 Å². The molecule has 1 aromatic rings. The van der Waals surface area contributed by atoms with Gasteiger partial charge in [-0.3, -0.25) is 0 Å². The molecule has 102 valence electrons. The SMILES string of the molecule is CCCC(C)(CN)CN(C)Cc1ccc(C)cc1. The van der Waals surface area contributed by atoms with Crippen molar-refractivity contribution in [3.63, 3.8) is 0 Å². The molecule has 1 atom stereocenters. The lowest BCUT2D eigenvalue weighted by atomic mass is 9.85. The summed E-state index contributed by atoms with van der Waals surface area (Å²) in [5.41, 5.74) is 8.86. The van der Waals surface area contributed by atoms with Crippen molar-refractivity contribution in [1.82, 2.24) is 4.90 Å². The van der Waals surface area contributed by atoms with Crippen LogP contribution in [0.2, 0.25) is 0 Å². The molecular formula is C16H28N2. The summed E-state index contributed by atoms with van der Waals surface area (Å²) >= 11 is 0. The molecule has 0 aliphatic heterocycles. The van der Waals surface area contributed by atoms with Gasteiger partial charge in [-0.15, -0.1) is 0 Å². The number of nitrogens with zero attached hydrogens (tertiary/aromatic N) is 1. The minimum atomic E-state index is 0.244. The minimum Gasteiger partial charge on any atom is -0.330 e. The van der Waals surface area contributed by atoms with Crippen LogP contribution in [0, 0.1) is 12.3 Å². The predicted octanol–water partition coefficient (Wildman–Crippen LogP) is 3.19. The fourth-order valence-electron chi connectivity index (χ4n) is 2.56. The number of rotatable bonds is 7. The van der Waals surface area contributed by atoms with Crippen molar-refractivity contribution in [2.45, 2.75) is 40.2 Å². The zero-order valence-corrected chi connectivity index (χ0v) is 12.4. The molecule has 1 unspecified atom stereocenters. The fourth-order valence-corrected chi connectivity index (χ4v) is 2.56. The molecule has 0 aromatic heterocycles. The van der Waals surface area contributed by atoms with Crippen LogP contribution in [0.15, 0.2) is 24.3 Å². The number of hydrogen-bond donors (Lipinski definition) is 1. The van der Waals surface area contributed by atoms with Gasteiger partial charge in [0.25, 0.3) is 0 Å². The van der Waals surface area contributed by atoms with Crippen molar-refractivity contribution < 1.29 is 0 Å². The van der Waals surface area contributed by atoms with E-state index in [9.17, 15) is 0 Å². The van der Waals surface area contributed by atoms with Crippen molar-refractivity contribution in [3.05, 3.63) is 35.4 Å². The average Bonchev–Trinajstić information content (AvgIpc) is 2.32. The van der Waals surface area contributed by atoms with Crippen LogP contribution in [0.3, 0.4) is 0 Å². The van der Waals surface area contributed by atoms with Crippen molar-refractivity contribution >= 4 is 0 Å². The normalized spacial score (nSPS) is 14.8. The highest BCUT2D eigenvalue weighted by atomic mass is 15.1. The first kappa shape index (κ1) is 15.2. The van der Waals surface area contributed by atoms with Crippen LogP contribution in [-0.2, 0) is 6.54 Å². The maximum atomic E-state index is 5.93. The Hall–Kier alpha value is -0.860. The lowest BCUT2D eigenvalue weighted by Crippen LogP contribution is -2.38. The van der Waals surface area contributed by atoms with Crippen LogP contribution in [0.4, 0.5) is 0 Å². The Kier molecular flexibility index (Phi) is 5.83. The van der Waals surface area contributed by atoms with Gasteiger partial charge in [-0.25, -0.2) is 0 Å². The third-order valence-electron chi connectivity index (χ3n) is 3.57. The molecule has 0 spiro atoms. The number of aryl methyl sites for hydroxylation is 1. The lowest BCUT2D eigenvalue weighted by Gasteiger charge is -2.32. The largest absolute Gasteiger partial charge is 0.330 e. The van der Waals surface area contributed by atoms with Gasteiger partial charge in [-0.05, 0) is 37.9 Å². The smallest absolute Gasteiger partial charge is 0.0230 e. The molecule has 18 heavy (non-hydrogen) atoms. The van der Waals surface area contributed by atoms with E-state index in [-0.39, 0.29) is 5.41 Å². The van der Waals surface area contributed by atoms with Crippen molar-refractivity contribution in [2.75, 3.05) is 20.1 Å². The summed E-state index contributed by atoms with van der Waals surface area (Å²) in [7, 11) is 2.18. The minimum absolute atomic E-state index is 0.244. The molecule has 0 aliphatic carbocycles. The van der Waals surface area contributed by atoms with E-state index in [1.165, 1.54) is 24.0 Å². The van der Waals surface area contributed by atoms with Gasteiger partial charge in [0.15, 0.2) is 0 Å². The third-order valence-corrected chi connectivity index (χ3v) is 3.57. The second-order valence-electron chi connectivity index (χ2n) is 5.92. The van der Waals surface area contributed by atoms with E-state index in [4.69, 9.17) is 5.73 Å². The molecule has 0 saturated heterocycles. The summed E-state index contributed by atoms with van der Waals surface area (Å²) in [5, 5.41) is 0. The van der Waals surface area contributed by atoms with Crippen LogP contribution in [0.5, 0.6) is 0 Å². The molecule has 0 bridgehead atoms. The highest BCUT2D eigenvalue weighted by Gasteiger charge is 2.23. The zero-order valence-electron chi connectivity index (χ0n) is 12.4. The van der Waals surface area contributed by atoms with Crippen LogP contribution < -0.4 is 5.73 Å². The second kappa shape index (κ2) is 6.91. The molecule has 2 heteroatoms. The Bertz CT molecular complexity index is 345. The topological polar surface area (TPSA) is 29.3 Å². The average molecular weight is 248 g/mol. The Labute approximate surface area is 112 Å². The molecule has 0 fully saturated rings. The predicted molar refractivity (Wildman–Crippen MR) is 79.6 cm³/mol. The molecule has 0 amide bonds. The Morgan fingerprint density at radius 1 is 1.22 bits per heavy atom. The first-order chi connectivity index (χ1) is 8.49. The Balaban J connectivity index is 2.54. The number of benzene rings is 1. The van der Waals surface area contributed by atoms with E-state index in [1.54, 1.807) is 0 Å². The molecule has 2 nitrogen and oxygen atoms in total. The van der Waals surface area contributed by atoms with E-state index < -0.39 is 0 Å². The maximum absolute atomic E-state index is 5.93. The van der Waals surface area contributed by atoms with Crippen molar-refractivity contribution in [3.8, 4) is 0 Å². The summed E-state index contributed by atoms with van der Waals surface area (Å²) in [6.07, 6.45) is 2.40. The van der Waals surface area contributed by atoms with E-state index >= 15 is 0 Å². The number of nitrogens with two attached hydrogens (primary N) is 1. The molecule has 1 aromatic carbocycles. The molecule has 0 radical (unpaired) electrons. The molecule has 1 rings (SSSR count). The quantitative estimate of drug-likeness (QED) is 0.803. The number of hydrogen-bond acceptors (Lipinski definition) is 2. The molecule has 2 N–H and O–H groups in total. The van der Waals surface area contributed by atoms with Gasteiger partial charge in [0, 0.05) is 13.1 Å². The standard InChI is InChI=1S/C16H28N2/c1-5-10-16(3,12-17)13-18(4)11-15-8-6-14(2)7-9-15/h6-9H,5,10-13,17H2,1-4H3. The molecule has 0 saturated carbocycles. The summed E-state index contributed by atoms with van der Waals surface area (Å²) in [6.45, 7) is 9.47. The van der Waals surface area contributed by atoms with Gasteiger partial charge in [-0.1, -0.05) is 50.1 Å². The van der Waals surface area contributed by atoms with Crippen molar-refractivity contribution in [2.24, 2.45) is 11.1 Å². The summed E-state index contributed by atoms with van der Waals surface area (Å²) < 4.78 is 0. The first-order valence-electron chi connectivity index (χ1n) is 6.93. The van der Waals surface area contributed by atoms with Crippen LogP contribution in [-0.4, -0.2) is 25.0 Å². The zero-order chi connectivity index (χ0) is 13.6. The van der Waals surface area contributed by atoms with E-state index in [0.717, 1.165) is 19.6 Å². The van der Waals surface area contributed by atoms with E-state index in [1.807, 2.05) is 0 Å². The first-order valence-corrected chi connectivity index (χ1v) is 6.93. The monoisotopic (exact) mass is 248 g/mol.